The zero-order valence-corrected chi connectivity index (χ0v) is 19.2. The lowest BCUT2D eigenvalue weighted by Gasteiger charge is -2.44. The van der Waals surface area contributed by atoms with Crippen molar-refractivity contribution < 1.29 is 4.39 Å². The number of aliphatic imine (C=N–C) groups is 1. The van der Waals surface area contributed by atoms with E-state index >= 15 is 0 Å². The van der Waals surface area contributed by atoms with E-state index in [0.717, 1.165) is 48.4 Å². The second-order valence-electron chi connectivity index (χ2n) is 9.30. The summed E-state index contributed by atoms with van der Waals surface area (Å²) in [6.07, 6.45) is 3.61. The van der Waals surface area contributed by atoms with Crippen molar-refractivity contribution in [1.82, 2.24) is 9.88 Å². The van der Waals surface area contributed by atoms with E-state index in [2.05, 4.69) is 64.3 Å². The Morgan fingerprint density at radius 1 is 1.19 bits per heavy atom. The van der Waals surface area contributed by atoms with Gasteiger partial charge in [-0.15, -0.1) is 0 Å². The molecule has 5 rings (SSSR count). The molecule has 6 heteroatoms. The Labute approximate surface area is 189 Å². The first-order valence-corrected chi connectivity index (χ1v) is 11.2. The van der Waals surface area contributed by atoms with Gasteiger partial charge in [0, 0.05) is 49.1 Å². The molecule has 166 valence electrons. The Morgan fingerprint density at radius 2 is 1.97 bits per heavy atom. The molecule has 0 bridgehead atoms. The summed E-state index contributed by atoms with van der Waals surface area (Å²) in [6, 6.07) is 14.5. The van der Waals surface area contributed by atoms with Crippen molar-refractivity contribution in [1.29, 1.82) is 0 Å². The van der Waals surface area contributed by atoms with Gasteiger partial charge in [-0.25, -0.2) is 4.39 Å². The SMILES string of the molecule is CN=C(Nc1cc(N2CC(N(C)C)C2)ccc1C)C1(c2ccc(F)c3ncccc23)CC1. The average Bonchev–Trinajstić information content (AvgIpc) is 3.54. The lowest BCUT2D eigenvalue weighted by Crippen LogP contribution is -2.57. The van der Waals surface area contributed by atoms with Gasteiger partial charge in [0.2, 0.25) is 0 Å². The van der Waals surface area contributed by atoms with Gasteiger partial charge in [0.25, 0.3) is 0 Å². The highest BCUT2D eigenvalue weighted by Gasteiger charge is 2.50. The van der Waals surface area contributed by atoms with Crippen LogP contribution in [0.1, 0.15) is 24.0 Å². The van der Waals surface area contributed by atoms with Crippen LogP contribution < -0.4 is 10.2 Å². The first kappa shape index (κ1) is 20.9. The summed E-state index contributed by atoms with van der Waals surface area (Å²) in [7, 11) is 6.11. The summed E-state index contributed by atoms with van der Waals surface area (Å²) in [6.45, 7) is 4.21. The lowest BCUT2D eigenvalue weighted by atomic mass is 9.90. The molecule has 1 N–H and O–H groups in total. The fraction of sp³-hybridized carbons (Fsp3) is 0.385. The van der Waals surface area contributed by atoms with E-state index in [1.54, 1.807) is 6.20 Å². The third-order valence-electron chi connectivity index (χ3n) is 7.09. The molecule has 1 saturated heterocycles. The maximum Gasteiger partial charge on any atom is 0.149 e. The highest BCUT2D eigenvalue weighted by atomic mass is 19.1. The number of benzene rings is 2. The van der Waals surface area contributed by atoms with Crippen LogP contribution in [0.15, 0.2) is 53.7 Å². The molecule has 2 heterocycles. The second-order valence-corrected chi connectivity index (χ2v) is 9.30. The van der Waals surface area contributed by atoms with Gasteiger partial charge < -0.3 is 15.1 Å². The summed E-state index contributed by atoms with van der Waals surface area (Å²) in [5.41, 5.74) is 4.79. The maximum atomic E-state index is 14.4. The minimum atomic E-state index is -0.280. The number of aromatic nitrogens is 1. The van der Waals surface area contributed by atoms with Crippen LogP contribution in [0.2, 0.25) is 0 Å². The molecule has 0 unspecified atom stereocenters. The van der Waals surface area contributed by atoms with Crippen LogP contribution in [0.4, 0.5) is 15.8 Å². The number of nitrogens with one attached hydrogen (secondary N) is 1. The molecule has 0 amide bonds. The van der Waals surface area contributed by atoms with Crippen LogP contribution in [0, 0.1) is 12.7 Å². The summed E-state index contributed by atoms with van der Waals surface area (Å²) in [5.74, 6) is 0.654. The Bertz CT molecular complexity index is 1190. The largest absolute Gasteiger partial charge is 0.368 e. The third kappa shape index (κ3) is 3.43. The molecule has 1 aliphatic carbocycles. The fourth-order valence-corrected chi connectivity index (χ4v) is 4.77. The van der Waals surface area contributed by atoms with Gasteiger partial charge in [-0.05, 0) is 69.3 Å². The molecule has 1 saturated carbocycles. The monoisotopic (exact) mass is 431 g/mol. The van der Waals surface area contributed by atoms with Gasteiger partial charge in [0.1, 0.15) is 17.2 Å². The van der Waals surface area contributed by atoms with E-state index < -0.39 is 0 Å². The van der Waals surface area contributed by atoms with Gasteiger partial charge in [0.15, 0.2) is 0 Å². The van der Waals surface area contributed by atoms with Crippen molar-refractivity contribution in [3.63, 3.8) is 0 Å². The zero-order chi connectivity index (χ0) is 22.5. The molecule has 2 aromatic carbocycles. The van der Waals surface area contributed by atoms with Crippen molar-refractivity contribution >= 4 is 28.1 Å². The smallest absolute Gasteiger partial charge is 0.149 e. The van der Waals surface area contributed by atoms with Gasteiger partial charge in [-0.1, -0.05) is 18.2 Å². The molecule has 32 heavy (non-hydrogen) atoms. The molecule has 0 spiro atoms. The molecule has 0 atom stereocenters. The molecule has 5 nitrogen and oxygen atoms in total. The first-order valence-electron chi connectivity index (χ1n) is 11.2. The van der Waals surface area contributed by atoms with E-state index in [4.69, 9.17) is 0 Å². The highest BCUT2D eigenvalue weighted by molar-refractivity contribution is 6.08. The average molecular weight is 432 g/mol. The van der Waals surface area contributed by atoms with Gasteiger partial charge >= 0.3 is 0 Å². The van der Waals surface area contributed by atoms with Crippen molar-refractivity contribution in [2.75, 3.05) is 44.4 Å². The Morgan fingerprint density at radius 3 is 2.66 bits per heavy atom. The topological polar surface area (TPSA) is 43.8 Å². The number of pyridine rings is 1. The van der Waals surface area contributed by atoms with Gasteiger partial charge in [0.05, 0.1) is 5.41 Å². The lowest BCUT2D eigenvalue weighted by molar-refractivity contribution is 0.247. The van der Waals surface area contributed by atoms with E-state index in [1.807, 2.05) is 25.2 Å². The minimum Gasteiger partial charge on any atom is -0.368 e. The van der Waals surface area contributed by atoms with Crippen LogP contribution in [0.3, 0.4) is 0 Å². The Kier molecular flexibility index (Phi) is 5.13. The molecule has 1 aliphatic heterocycles. The molecule has 3 aromatic rings. The number of anilines is 2. The third-order valence-corrected chi connectivity index (χ3v) is 7.09. The van der Waals surface area contributed by atoms with Crippen molar-refractivity contribution in [3.05, 3.63) is 65.6 Å². The molecule has 0 radical (unpaired) electrons. The van der Waals surface area contributed by atoms with Gasteiger partial charge in [-0.3, -0.25) is 9.98 Å². The number of nitrogens with zero attached hydrogens (tertiary/aromatic N) is 4. The van der Waals surface area contributed by atoms with E-state index in [9.17, 15) is 4.39 Å². The van der Waals surface area contributed by atoms with Crippen molar-refractivity contribution in [2.24, 2.45) is 4.99 Å². The molecule has 2 aliphatic rings. The fourth-order valence-electron chi connectivity index (χ4n) is 4.77. The second kappa shape index (κ2) is 7.85. The number of rotatable bonds is 5. The number of hydrogen-bond donors (Lipinski definition) is 1. The highest BCUT2D eigenvalue weighted by Crippen LogP contribution is 2.51. The summed E-state index contributed by atoms with van der Waals surface area (Å²) < 4.78 is 14.4. The van der Waals surface area contributed by atoms with Gasteiger partial charge in [-0.2, -0.15) is 0 Å². The van der Waals surface area contributed by atoms with Crippen molar-refractivity contribution in [3.8, 4) is 0 Å². The molecule has 1 aromatic heterocycles. The van der Waals surface area contributed by atoms with Crippen LogP contribution in [-0.4, -0.2) is 56.0 Å². The summed E-state index contributed by atoms with van der Waals surface area (Å²) in [5, 5.41) is 4.52. The number of hydrogen-bond acceptors (Lipinski definition) is 4. The van der Waals surface area contributed by atoms with Crippen LogP contribution in [-0.2, 0) is 5.41 Å². The predicted molar refractivity (Wildman–Crippen MR) is 130 cm³/mol. The first-order chi connectivity index (χ1) is 15.4. The van der Waals surface area contributed by atoms with Crippen LogP contribution in [0.25, 0.3) is 10.9 Å². The van der Waals surface area contributed by atoms with E-state index in [-0.39, 0.29) is 11.2 Å². The summed E-state index contributed by atoms with van der Waals surface area (Å²) in [4.78, 5) is 13.7. The van der Waals surface area contributed by atoms with Crippen molar-refractivity contribution in [2.45, 2.75) is 31.2 Å². The zero-order valence-electron chi connectivity index (χ0n) is 19.2. The predicted octanol–water partition coefficient (Wildman–Crippen LogP) is 4.60. The minimum absolute atomic E-state index is 0.223. The molecule has 2 fully saturated rings. The van der Waals surface area contributed by atoms with Crippen LogP contribution in [0.5, 0.6) is 0 Å². The summed E-state index contributed by atoms with van der Waals surface area (Å²) >= 11 is 0. The molecular weight excluding hydrogens is 401 g/mol. The molecular formula is C26H30FN5. The number of fused-ring (bicyclic) bond motifs is 1. The standard InChI is InChI=1S/C26H30FN5/c1-17-7-8-18(32-15-19(16-32)31(3)4)14-23(17)30-25(28-2)26(11-12-26)21-9-10-22(27)24-20(21)6-5-13-29-24/h5-10,13-14,19H,11-12,15-16H2,1-4H3,(H,28,30). The van der Waals surface area contributed by atoms with E-state index in [1.165, 1.54) is 17.3 Å². The quantitative estimate of drug-likeness (QED) is 0.474. The van der Waals surface area contributed by atoms with Crippen LogP contribution >= 0.6 is 0 Å². The maximum absolute atomic E-state index is 14.4. The number of halogens is 1. The number of likely N-dealkylation sites (N-methyl/N-ethyl adjacent to an activating group) is 1. The number of aryl methyl sites for hydroxylation is 1. The Hall–Kier alpha value is -2.99. The number of amidine groups is 1. The van der Waals surface area contributed by atoms with E-state index in [0.29, 0.717) is 11.6 Å². The Balaban J connectivity index is 1.45. The normalized spacial score (nSPS) is 18.2.